The van der Waals surface area contributed by atoms with Crippen molar-refractivity contribution in [3.8, 4) is 0 Å². The molecule has 0 unspecified atom stereocenters. The second-order valence-corrected chi connectivity index (χ2v) is 7.27. The number of alkyl halides is 3. The van der Waals surface area contributed by atoms with Crippen LogP contribution in [0.3, 0.4) is 0 Å². The van der Waals surface area contributed by atoms with E-state index in [-0.39, 0.29) is 18.1 Å². The molecule has 3 aromatic heterocycles. The molecule has 0 atom stereocenters. The van der Waals surface area contributed by atoms with Crippen molar-refractivity contribution in [1.82, 2.24) is 24.5 Å². The van der Waals surface area contributed by atoms with E-state index in [1.165, 1.54) is 0 Å². The molecule has 0 aliphatic carbocycles. The Morgan fingerprint density at radius 1 is 1.30 bits per heavy atom. The van der Waals surface area contributed by atoms with Crippen molar-refractivity contribution < 1.29 is 18.0 Å². The maximum absolute atomic E-state index is 12.8. The molecule has 144 valence electrons. The minimum absolute atomic E-state index is 0.0446. The molecule has 0 aliphatic heterocycles. The number of halogens is 3. The van der Waals surface area contributed by atoms with Crippen molar-refractivity contribution in [1.29, 1.82) is 0 Å². The Bertz CT molecular complexity index is 965. The molecule has 0 fully saturated rings. The Morgan fingerprint density at radius 2 is 2.04 bits per heavy atom. The molecule has 0 N–H and O–H groups in total. The van der Waals surface area contributed by atoms with E-state index in [1.54, 1.807) is 37.1 Å². The van der Waals surface area contributed by atoms with Gasteiger partial charge in [0, 0.05) is 29.7 Å². The summed E-state index contributed by atoms with van der Waals surface area (Å²) < 4.78 is 39.6. The molecule has 0 aliphatic rings. The van der Waals surface area contributed by atoms with E-state index >= 15 is 0 Å². The Balaban J connectivity index is 1.77. The first kappa shape index (κ1) is 19.3. The molecule has 0 bridgehead atoms. The van der Waals surface area contributed by atoms with Crippen LogP contribution in [-0.2, 0) is 23.9 Å². The molecule has 0 saturated heterocycles. The molecule has 6 nitrogen and oxygen atoms in total. The summed E-state index contributed by atoms with van der Waals surface area (Å²) in [4.78, 5) is 22.7. The maximum atomic E-state index is 12.8. The molecule has 10 heteroatoms. The molecule has 0 aromatic carbocycles. The Kier molecular flexibility index (Phi) is 5.18. The number of hydrogen-bond donors (Lipinski definition) is 0. The van der Waals surface area contributed by atoms with Gasteiger partial charge in [-0.15, -0.1) is 16.4 Å². The first-order chi connectivity index (χ1) is 12.7. The average molecular weight is 397 g/mol. The standard InChI is InChI=1S/C17H18F3N5OS/c1-10-13(6-7-14(26)24(3)9-12-5-4-8-27-12)11(2)25-16(21-10)22-15(23-25)17(18,19)20/h4-5,8H,6-7,9H2,1-3H3. The van der Waals surface area contributed by atoms with Gasteiger partial charge in [-0.05, 0) is 37.3 Å². The minimum atomic E-state index is -4.63. The van der Waals surface area contributed by atoms with Gasteiger partial charge in [0.25, 0.3) is 11.6 Å². The van der Waals surface area contributed by atoms with Crippen LogP contribution in [0.25, 0.3) is 5.78 Å². The number of rotatable bonds is 5. The van der Waals surface area contributed by atoms with Gasteiger partial charge in [-0.25, -0.2) is 9.50 Å². The summed E-state index contributed by atoms with van der Waals surface area (Å²) in [7, 11) is 1.73. The van der Waals surface area contributed by atoms with Gasteiger partial charge >= 0.3 is 6.18 Å². The second kappa shape index (κ2) is 7.26. The van der Waals surface area contributed by atoms with Crippen LogP contribution in [0.5, 0.6) is 0 Å². The quantitative estimate of drug-likeness (QED) is 0.662. The highest BCUT2D eigenvalue weighted by atomic mass is 32.1. The molecule has 3 heterocycles. The van der Waals surface area contributed by atoms with Crippen LogP contribution < -0.4 is 0 Å². The lowest BCUT2D eigenvalue weighted by atomic mass is 10.1. The summed E-state index contributed by atoms with van der Waals surface area (Å²) in [6.45, 7) is 3.89. The topological polar surface area (TPSA) is 63.4 Å². The van der Waals surface area contributed by atoms with Gasteiger partial charge in [0.05, 0.1) is 6.54 Å². The van der Waals surface area contributed by atoms with Crippen LogP contribution in [0.15, 0.2) is 17.5 Å². The van der Waals surface area contributed by atoms with Gasteiger partial charge in [0.2, 0.25) is 5.91 Å². The highest BCUT2D eigenvalue weighted by Crippen LogP contribution is 2.27. The Hall–Kier alpha value is -2.49. The predicted octanol–water partition coefficient (Wildman–Crippen LogP) is 3.41. The molecule has 0 saturated carbocycles. The van der Waals surface area contributed by atoms with E-state index in [0.717, 1.165) is 9.39 Å². The summed E-state index contributed by atoms with van der Waals surface area (Å²) in [6, 6.07) is 3.89. The van der Waals surface area contributed by atoms with E-state index in [0.29, 0.717) is 29.9 Å². The molecule has 27 heavy (non-hydrogen) atoms. The summed E-state index contributed by atoms with van der Waals surface area (Å²) in [6.07, 6.45) is -4.03. The molecular weight excluding hydrogens is 379 g/mol. The van der Waals surface area contributed by atoms with Crippen molar-refractivity contribution in [2.75, 3.05) is 7.05 Å². The van der Waals surface area contributed by atoms with Gasteiger partial charge in [0.15, 0.2) is 0 Å². The van der Waals surface area contributed by atoms with E-state index in [1.807, 2.05) is 17.5 Å². The zero-order valence-electron chi connectivity index (χ0n) is 15.0. The van der Waals surface area contributed by atoms with Crippen molar-refractivity contribution in [2.24, 2.45) is 0 Å². The number of fused-ring (bicyclic) bond motifs is 1. The molecule has 3 aromatic rings. The third-order valence-corrected chi connectivity index (χ3v) is 5.15. The van der Waals surface area contributed by atoms with E-state index in [4.69, 9.17) is 0 Å². The van der Waals surface area contributed by atoms with E-state index in [2.05, 4.69) is 15.1 Å². The van der Waals surface area contributed by atoms with Gasteiger partial charge < -0.3 is 4.90 Å². The van der Waals surface area contributed by atoms with E-state index in [9.17, 15) is 18.0 Å². The second-order valence-electron chi connectivity index (χ2n) is 6.24. The molecule has 3 rings (SSSR count). The average Bonchev–Trinajstić information content (AvgIpc) is 3.23. The number of carbonyl (C=O) groups excluding carboxylic acids is 1. The van der Waals surface area contributed by atoms with Crippen LogP contribution in [0.1, 0.15) is 34.1 Å². The van der Waals surface area contributed by atoms with Crippen LogP contribution in [0.2, 0.25) is 0 Å². The first-order valence-corrected chi connectivity index (χ1v) is 9.11. The fourth-order valence-corrected chi connectivity index (χ4v) is 3.59. The van der Waals surface area contributed by atoms with Crippen molar-refractivity contribution in [2.45, 2.75) is 39.4 Å². The Morgan fingerprint density at radius 3 is 2.67 bits per heavy atom. The lowest BCUT2D eigenvalue weighted by molar-refractivity contribution is -0.144. The summed E-state index contributed by atoms with van der Waals surface area (Å²) in [5.74, 6) is -1.36. The number of carbonyl (C=O) groups is 1. The normalized spacial score (nSPS) is 11.9. The fourth-order valence-electron chi connectivity index (χ4n) is 2.84. The number of aromatic nitrogens is 4. The van der Waals surface area contributed by atoms with Crippen LogP contribution in [-0.4, -0.2) is 37.4 Å². The van der Waals surface area contributed by atoms with Gasteiger partial charge in [-0.1, -0.05) is 6.07 Å². The third kappa shape index (κ3) is 4.10. The number of thiophene rings is 1. The fraction of sp³-hybridized carbons (Fsp3) is 0.412. The van der Waals surface area contributed by atoms with Crippen LogP contribution >= 0.6 is 11.3 Å². The summed E-state index contributed by atoms with van der Waals surface area (Å²) >= 11 is 1.58. The molecular formula is C17H18F3N5OS. The van der Waals surface area contributed by atoms with Gasteiger partial charge in [0.1, 0.15) is 0 Å². The lowest BCUT2D eigenvalue weighted by Crippen LogP contribution is -2.26. The zero-order chi connectivity index (χ0) is 19.8. The SMILES string of the molecule is Cc1nc2nc(C(F)(F)F)nn2c(C)c1CCC(=O)N(C)Cc1cccs1. The van der Waals surface area contributed by atoms with Crippen molar-refractivity contribution >= 4 is 23.0 Å². The first-order valence-electron chi connectivity index (χ1n) is 8.23. The van der Waals surface area contributed by atoms with Gasteiger partial charge in [-0.2, -0.15) is 18.2 Å². The van der Waals surface area contributed by atoms with Crippen molar-refractivity contribution in [3.05, 3.63) is 45.2 Å². The number of nitrogens with zero attached hydrogens (tertiary/aromatic N) is 5. The number of hydrogen-bond acceptors (Lipinski definition) is 5. The molecule has 0 spiro atoms. The highest BCUT2D eigenvalue weighted by Gasteiger charge is 2.37. The summed E-state index contributed by atoms with van der Waals surface area (Å²) in [5.41, 5.74) is 1.77. The number of aryl methyl sites for hydroxylation is 2. The lowest BCUT2D eigenvalue weighted by Gasteiger charge is -2.17. The summed E-state index contributed by atoms with van der Waals surface area (Å²) in [5, 5.41) is 5.47. The number of amides is 1. The minimum Gasteiger partial charge on any atom is -0.341 e. The predicted molar refractivity (Wildman–Crippen MR) is 94.4 cm³/mol. The largest absolute Gasteiger partial charge is 0.453 e. The maximum Gasteiger partial charge on any atom is 0.453 e. The zero-order valence-corrected chi connectivity index (χ0v) is 15.9. The Labute approximate surface area is 157 Å². The smallest absolute Gasteiger partial charge is 0.341 e. The molecule has 0 radical (unpaired) electrons. The van der Waals surface area contributed by atoms with Gasteiger partial charge in [-0.3, -0.25) is 4.79 Å². The van der Waals surface area contributed by atoms with Crippen molar-refractivity contribution in [3.63, 3.8) is 0 Å². The van der Waals surface area contributed by atoms with E-state index < -0.39 is 12.0 Å². The molecule has 1 amide bonds. The van der Waals surface area contributed by atoms with Crippen LogP contribution in [0, 0.1) is 13.8 Å². The monoisotopic (exact) mass is 397 g/mol. The highest BCUT2D eigenvalue weighted by molar-refractivity contribution is 7.09. The third-order valence-electron chi connectivity index (χ3n) is 4.29. The van der Waals surface area contributed by atoms with Crippen LogP contribution in [0.4, 0.5) is 13.2 Å².